The molecule has 0 aliphatic carbocycles. The van der Waals surface area contributed by atoms with E-state index >= 15 is 0 Å². The number of nitrogens with one attached hydrogen (secondary N) is 1. The van der Waals surface area contributed by atoms with E-state index in [4.69, 9.17) is 4.74 Å². The highest BCUT2D eigenvalue weighted by atomic mass is 16.5. The molecule has 0 saturated carbocycles. The van der Waals surface area contributed by atoms with Crippen molar-refractivity contribution in [3.05, 3.63) is 64.6 Å². The Morgan fingerprint density at radius 1 is 1.13 bits per heavy atom. The number of aryl methyl sites for hydroxylation is 1. The third kappa shape index (κ3) is 2.09. The van der Waals surface area contributed by atoms with Gasteiger partial charge in [0.1, 0.15) is 0 Å². The van der Waals surface area contributed by atoms with E-state index < -0.39 is 0 Å². The number of hydrogen-bond donors (Lipinski definition) is 1. The Morgan fingerprint density at radius 3 is 2.78 bits per heavy atom. The highest BCUT2D eigenvalue weighted by Crippen LogP contribution is 2.24. The summed E-state index contributed by atoms with van der Waals surface area (Å²) in [5.41, 5.74) is 4.23. The zero-order chi connectivity index (χ0) is 16.0. The van der Waals surface area contributed by atoms with Crippen LogP contribution in [-0.4, -0.2) is 21.6 Å². The van der Waals surface area contributed by atoms with Crippen LogP contribution in [0.2, 0.25) is 0 Å². The van der Waals surface area contributed by atoms with Gasteiger partial charge < -0.3 is 9.72 Å². The van der Waals surface area contributed by atoms with E-state index in [1.165, 1.54) is 0 Å². The summed E-state index contributed by atoms with van der Waals surface area (Å²) in [5.74, 6) is 0.581. The van der Waals surface area contributed by atoms with Gasteiger partial charge in [0.25, 0.3) is 0 Å². The number of pyridine rings is 1. The standard InChI is InChI=1S/C18H15N3O2/c1-11-9-13(10-12-7-8-16(23-2)20-17(11)12)21-15-6-4-3-5-14(15)19-18(21)22/h3-10H,1-2H3,(H,19,22). The first-order valence-corrected chi connectivity index (χ1v) is 7.33. The van der Waals surface area contributed by atoms with Gasteiger partial charge in [-0.05, 0) is 42.8 Å². The van der Waals surface area contributed by atoms with Gasteiger partial charge >= 0.3 is 5.69 Å². The van der Waals surface area contributed by atoms with Crippen LogP contribution in [0.15, 0.2) is 53.3 Å². The van der Waals surface area contributed by atoms with Crippen LogP contribution in [0.4, 0.5) is 0 Å². The normalized spacial score (nSPS) is 11.2. The summed E-state index contributed by atoms with van der Waals surface area (Å²) in [6, 6.07) is 15.4. The first-order chi connectivity index (χ1) is 11.2. The number of nitrogens with zero attached hydrogens (tertiary/aromatic N) is 2. The van der Waals surface area contributed by atoms with Gasteiger partial charge in [-0.2, -0.15) is 0 Å². The van der Waals surface area contributed by atoms with Crippen LogP contribution in [0.25, 0.3) is 27.6 Å². The lowest BCUT2D eigenvalue weighted by Gasteiger charge is -2.09. The SMILES string of the molecule is COc1ccc2cc(-n3c(=O)[nH]c4ccccc43)cc(C)c2n1. The Balaban J connectivity index is 2.02. The number of benzene rings is 2. The van der Waals surface area contributed by atoms with Crippen molar-refractivity contribution in [2.24, 2.45) is 0 Å². The molecule has 0 aliphatic rings. The fraction of sp³-hybridized carbons (Fsp3) is 0.111. The van der Waals surface area contributed by atoms with Crippen molar-refractivity contribution in [1.29, 1.82) is 0 Å². The number of ether oxygens (including phenoxy) is 1. The summed E-state index contributed by atoms with van der Waals surface area (Å²) in [6.07, 6.45) is 0. The summed E-state index contributed by atoms with van der Waals surface area (Å²) < 4.78 is 6.87. The van der Waals surface area contributed by atoms with Crippen molar-refractivity contribution in [3.8, 4) is 11.6 Å². The largest absolute Gasteiger partial charge is 0.481 e. The highest BCUT2D eigenvalue weighted by Gasteiger charge is 2.11. The van der Waals surface area contributed by atoms with E-state index in [2.05, 4.69) is 9.97 Å². The van der Waals surface area contributed by atoms with Gasteiger partial charge in [-0.1, -0.05) is 12.1 Å². The van der Waals surface area contributed by atoms with Crippen LogP contribution in [0.5, 0.6) is 5.88 Å². The zero-order valence-electron chi connectivity index (χ0n) is 12.8. The van der Waals surface area contributed by atoms with Gasteiger partial charge in [0.15, 0.2) is 0 Å². The van der Waals surface area contributed by atoms with Gasteiger partial charge in [-0.25, -0.2) is 9.78 Å². The predicted molar refractivity (Wildman–Crippen MR) is 90.5 cm³/mol. The number of H-pyrrole nitrogens is 1. The average Bonchev–Trinajstić information content (AvgIpc) is 2.90. The maximum Gasteiger partial charge on any atom is 0.331 e. The second-order valence-corrected chi connectivity index (χ2v) is 5.47. The number of aromatic amines is 1. The van der Waals surface area contributed by atoms with Crippen molar-refractivity contribution in [3.63, 3.8) is 0 Å². The molecule has 4 aromatic rings. The number of para-hydroxylation sites is 2. The highest BCUT2D eigenvalue weighted by molar-refractivity contribution is 5.86. The number of hydrogen-bond acceptors (Lipinski definition) is 3. The van der Waals surface area contributed by atoms with Crippen LogP contribution in [-0.2, 0) is 0 Å². The first-order valence-electron chi connectivity index (χ1n) is 7.33. The van der Waals surface area contributed by atoms with Gasteiger partial charge in [0.05, 0.1) is 29.3 Å². The molecule has 4 rings (SSSR count). The molecular weight excluding hydrogens is 290 g/mol. The number of rotatable bonds is 2. The van der Waals surface area contributed by atoms with Crippen molar-refractivity contribution in [2.45, 2.75) is 6.92 Å². The van der Waals surface area contributed by atoms with Crippen LogP contribution >= 0.6 is 0 Å². The van der Waals surface area contributed by atoms with Gasteiger partial charge in [-0.15, -0.1) is 0 Å². The topological polar surface area (TPSA) is 59.9 Å². The molecule has 0 radical (unpaired) electrons. The predicted octanol–water partition coefficient (Wildman–Crippen LogP) is 3.18. The summed E-state index contributed by atoms with van der Waals surface area (Å²) in [5, 5.41) is 0.970. The molecule has 2 heterocycles. The van der Waals surface area contributed by atoms with E-state index in [9.17, 15) is 4.79 Å². The Kier molecular flexibility index (Phi) is 2.94. The Hall–Kier alpha value is -3.08. The van der Waals surface area contributed by atoms with Gasteiger partial charge in [-0.3, -0.25) is 4.57 Å². The third-order valence-electron chi connectivity index (χ3n) is 4.00. The molecule has 114 valence electrons. The molecule has 2 aromatic carbocycles. The van der Waals surface area contributed by atoms with Crippen LogP contribution in [0.1, 0.15) is 5.56 Å². The van der Waals surface area contributed by atoms with Crippen LogP contribution < -0.4 is 10.4 Å². The van der Waals surface area contributed by atoms with E-state index in [0.717, 1.165) is 33.2 Å². The molecule has 0 spiro atoms. The summed E-state index contributed by atoms with van der Waals surface area (Å²) in [4.78, 5) is 19.7. The summed E-state index contributed by atoms with van der Waals surface area (Å²) in [6.45, 7) is 1.98. The third-order valence-corrected chi connectivity index (χ3v) is 4.00. The maximum absolute atomic E-state index is 12.4. The molecule has 1 N–H and O–H groups in total. The van der Waals surface area contributed by atoms with Gasteiger partial charge in [0.2, 0.25) is 5.88 Å². The number of aromatic nitrogens is 3. The Labute approximate surface area is 132 Å². The molecule has 0 bridgehead atoms. The van der Waals surface area contributed by atoms with Crippen LogP contribution in [0.3, 0.4) is 0 Å². The molecule has 0 unspecified atom stereocenters. The van der Waals surface area contributed by atoms with Crippen molar-refractivity contribution >= 4 is 21.9 Å². The number of imidazole rings is 1. The lowest BCUT2D eigenvalue weighted by atomic mass is 10.1. The molecule has 0 amide bonds. The second kappa shape index (κ2) is 4.98. The van der Waals surface area contributed by atoms with Crippen molar-refractivity contribution in [2.75, 3.05) is 7.11 Å². The quantitative estimate of drug-likeness (QED) is 0.619. The van der Waals surface area contributed by atoms with E-state index in [0.29, 0.717) is 5.88 Å². The fourth-order valence-corrected chi connectivity index (χ4v) is 2.93. The lowest BCUT2D eigenvalue weighted by molar-refractivity contribution is 0.399. The monoisotopic (exact) mass is 305 g/mol. The molecule has 0 atom stereocenters. The second-order valence-electron chi connectivity index (χ2n) is 5.47. The van der Waals surface area contributed by atoms with Crippen molar-refractivity contribution in [1.82, 2.24) is 14.5 Å². The van der Waals surface area contributed by atoms with E-state index in [-0.39, 0.29) is 5.69 Å². The molecule has 0 aliphatic heterocycles. The average molecular weight is 305 g/mol. The van der Waals surface area contributed by atoms with E-state index in [1.807, 2.05) is 55.5 Å². The molecule has 5 nitrogen and oxygen atoms in total. The van der Waals surface area contributed by atoms with Crippen molar-refractivity contribution < 1.29 is 4.74 Å². The minimum absolute atomic E-state index is 0.147. The van der Waals surface area contributed by atoms with Gasteiger partial charge in [0, 0.05) is 11.5 Å². The molecular formula is C18H15N3O2. The number of methoxy groups -OCH3 is 1. The molecule has 0 fully saturated rings. The fourth-order valence-electron chi connectivity index (χ4n) is 2.93. The molecule has 23 heavy (non-hydrogen) atoms. The smallest absolute Gasteiger partial charge is 0.331 e. The molecule has 5 heteroatoms. The Morgan fingerprint density at radius 2 is 1.96 bits per heavy atom. The minimum Gasteiger partial charge on any atom is -0.481 e. The maximum atomic E-state index is 12.4. The molecule has 0 saturated heterocycles. The minimum atomic E-state index is -0.147. The first kappa shape index (κ1) is 13.6. The zero-order valence-corrected chi connectivity index (χ0v) is 12.8. The van der Waals surface area contributed by atoms with Crippen LogP contribution in [0, 0.1) is 6.92 Å². The number of fused-ring (bicyclic) bond motifs is 2. The lowest BCUT2D eigenvalue weighted by Crippen LogP contribution is -2.14. The summed E-state index contributed by atoms with van der Waals surface area (Å²) in [7, 11) is 1.60. The molecule has 2 aromatic heterocycles. The summed E-state index contributed by atoms with van der Waals surface area (Å²) >= 11 is 0. The Bertz CT molecular complexity index is 1090. The van der Waals surface area contributed by atoms with E-state index in [1.54, 1.807) is 11.7 Å².